The summed E-state index contributed by atoms with van der Waals surface area (Å²) in [5.74, 6) is 0.152. The highest BCUT2D eigenvalue weighted by atomic mass is 19.1. The second kappa shape index (κ2) is 5.16. The third-order valence-electron chi connectivity index (χ3n) is 4.41. The predicted molar refractivity (Wildman–Crippen MR) is 93.7 cm³/mol. The number of para-hydroxylation sites is 1. The highest BCUT2D eigenvalue weighted by molar-refractivity contribution is 6.51. The molecule has 0 saturated carbocycles. The molecule has 4 nitrogen and oxygen atoms in total. The molecule has 0 spiro atoms. The van der Waals surface area contributed by atoms with E-state index in [1.54, 1.807) is 12.1 Å². The summed E-state index contributed by atoms with van der Waals surface area (Å²) in [5.41, 5.74) is 1.81. The van der Waals surface area contributed by atoms with Gasteiger partial charge in [0.25, 0.3) is 5.71 Å². The maximum absolute atomic E-state index is 14.5. The lowest BCUT2D eigenvalue weighted by Gasteiger charge is -2.40. The smallest absolute Gasteiger partial charge is 0.267 e. The van der Waals surface area contributed by atoms with Crippen molar-refractivity contribution >= 4 is 22.9 Å². The number of halogens is 1. The van der Waals surface area contributed by atoms with Gasteiger partial charge in [-0.3, -0.25) is 4.99 Å². The van der Waals surface area contributed by atoms with E-state index in [1.807, 2.05) is 35.2 Å². The standard InChI is InChI=1S/C19H18FN3O/c1-19(2)11-21-18-16(13-7-4-3-5-8-13)23(24)15-10-6-9-14(20)17(15)22(18)12-19/h3-10H,11-12H2,1-2H3. The minimum atomic E-state index is -0.397. The van der Waals surface area contributed by atoms with Crippen LogP contribution in [0.3, 0.4) is 0 Å². The number of anilines is 1. The van der Waals surface area contributed by atoms with Gasteiger partial charge < -0.3 is 10.1 Å². The van der Waals surface area contributed by atoms with Crippen LogP contribution >= 0.6 is 0 Å². The molecule has 0 N–H and O–H groups in total. The van der Waals surface area contributed by atoms with Crippen LogP contribution in [0.1, 0.15) is 19.4 Å². The molecule has 0 bridgehead atoms. The van der Waals surface area contributed by atoms with E-state index in [9.17, 15) is 9.60 Å². The summed E-state index contributed by atoms with van der Waals surface area (Å²) in [7, 11) is 0. The van der Waals surface area contributed by atoms with E-state index in [4.69, 9.17) is 0 Å². The van der Waals surface area contributed by atoms with E-state index in [1.165, 1.54) is 6.07 Å². The summed E-state index contributed by atoms with van der Waals surface area (Å²) in [5, 5.41) is 13.0. The van der Waals surface area contributed by atoms with Crippen molar-refractivity contribution in [3.05, 3.63) is 65.1 Å². The Morgan fingerprint density at radius 2 is 1.88 bits per heavy atom. The van der Waals surface area contributed by atoms with Crippen molar-refractivity contribution in [3.63, 3.8) is 0 Å². The van der Waals surface area contributed by atoms with Gasteiger partial charge in [0.1, 0.15) is 0 Å². The monoisotopic (exact) mass is 323 g/mol. The molecule has 0 amide bonds. The summed E-state index contributed by atoms with van der Waals surface area (Å²) in [4.78, 5) is 6.50. The van der Waals surface area contributed by atoms with Crippen LogP contribution in [0, 0.1) is 16.4 Å². The van der Waals surface area contributed by atoms with Gasteiger partial charge in [0.05, 0.1) is 5.56 Å². The first-order valence-corrected chi connectivity index (χ1v) is 7.98. The molecule has 0 unspecified atom stereocenters. The predicted octanol–water partition coefficient (Wildman–Crippen LogP) is 3.72. The first-order chi connectivity index (χ1) is 11.5. The zero-order valence-electron chi connectivity index (χ0n) is 13.7. The molecule has 2 aliphatic rings. The fourth-order valence-corrected chi connectivity index (χ4v) is 3.30. The Morgan fingerprint density at radius 3 is 2.62 bits per heavy atom. The molecule has 0 radical (unpaired) electrons. The molecule has 0 saturated heterocycles. The van der Waals surface area contributed by atoms with Gasteiger partial charge in [0.15, 0.2) is 11.5 Å². The molecule has 2 aromatic carbocycles. The Labute approximate surface area is 140 Å². The van der Waals surface area contributed by atoms with Gasteiger partial charge in [0.2, 0.25) is 11.5 Å². The van der Waals surface area contributed by atoms with Crippen molar-refractivity contribution in [2.24, 2.45) is 10.4 Å². The van der Waals surface area contributed by atoms with Gasteiger partial charge in [-0.15, -0.1) is 0 Å². The molecule has 122 valence electrons. The minimum Gasteiger partial charge on any atom is -0.618 e. The number of rotatable bonds is 1. The minimum absolute atomic E-state index is 0.0874. The van der Waals surface area contributed by atoms with Crippen LogP contribution in [0.5, 0.6) is 0 Å². The largest absolute Gasteiger partial charge is 0.618 e. The fraction of sp³-hybridized carbons (Fsp3) is 0.263. The molecular weight excluding hydrogens is 305 g/mol. The quantitative estimate of drug-likeness (QED) is 0.593. The third kappa shape index (κ3) is 2.19. The Kier molecular flexibility index (Phi) is 3.20. The number of hydrogen-bond acceptors (Lipinski definition) is 3. The first kappa shape index (κ1) is 14.9. The van der Waals surface area contributed by atoms with E-state index in [0.29, 0.717) is 36.0 Å². The lowest BCUT2D eigenvalue weighted by atomic mass is 9.89. The molecule has 2 heterocycles. The highest BCUT2D eigenvalue weighted by Gasteiger charge is 2.42. The zero-order valence-corrected chi connectivity index (χ0v) is 13.7. The van der Waals surface area contributed by atoms with Crippen molar-refractivity contribution < 1.29 is 9.13 Å². The topological polar surface area (TPSA) is 41.7 Å². The van der Waals surface area contributed by atoms with Crippen LogP contribution in [0.4, 0.5) is 15.8 Å². The van der Waals surface area contributed by atoms with E-state index >= 15 is 0 Å². The zero-order chi connectivity index (χ0) is 16.9. The van der Waals surface area contributed by atoms with Gasteiger partial charge in [-0.1, -0.05) is 38.1 Å². The lowest BCUT2D eigenvalue weighted by molar-refractivity contribution is -0.358. The SMILES string of the molecule is CC1(C)CN=C2C(c3ccccc3)=[N+]([O-])c3cccc(F)c3N2C1. The van der Waals surface area contributed by atoms with Gasteiger partial charge in [-0.2, -0.15) is 4.74 Å². The Balaban J connectivity index is 2.02. The summed E-state index contributed by atoms with van der Waals surface area (Å²) < 4.78 is 15.3. The summed E-state index contributed by atoms with van der Waals surface area (Å²) in [6, 6.07) is 14.0. The van der Waals surface area contributed by atoms with E-state index in [2.05, 4.69) is 18.8 Å². The number of fused-ring (bicyclic) bond motifs is 3. The molecule has 5 heteroatoms. The lowest BCUT2D eigenvalue weighted by Crippen LogP contribution is -2.52. The van der Waals surface area contributed by atoms with Crippen molar-refractivity contribution in [1.82, 2.24) is 0 Å². The van der Waals surface area contributed by atoms with Crippen LogP contribution in [0.15, 0.2) is 53.5 Å². The molecule has 0 aromatic heterocycles. The van der Waals surface area contributed by atoms with Gasteiger partial charge in [-0.25, -0.2) is 4.39 Å². The number of amidine groups is 1. The fourth-order valence-electron chi connectivity index (χ4n) is 3.30. The van der Waals surface area contributed by atoms with E-state index in [0.717, 1.165) is 10.3 Å². The Bertz CT molecular complexity index is 871. The molecule has 0 aliphatic carbocycles. The van der Waals surface area contributed by atoms with Gasteiger partial charge in [0, 0.05) is 24.6 Å². The molecule has 0 atom stereocenters. The van der Waals surface area contributed by atoms with Crippen LogP contribution in [0.2, 0.25) is 0 Å². The maximum Gasteiger partial charge on any atom is 0.267 e. The van der Waals surface area contributed by atoms with E-state index in [-0.39, 0.29) is 5.41 Å². The van der Waals surface area contributed by atoms with Gasteiger partial charge in [-0.05, 0) is 18.2 Å². The molecule has 2 aromatic rings. The molecule has 4 rings (SSSR count). The summed E-state index contributed by atoms with van der Waals surface area (Å²) in [6.45, 7) is 5.41. The second-order valence-electron chi connectivity index (χ2n) is 7.01. The van der Waals surface area contributed by atoms with Crippen molar-refractivity contribution in [3.8, 4) is 0 Å². The maximum atomic E-state index is 14.5. The third-order valence-corrected chi connectivity index (χ3v) is 4.41. The second-order valence-corrected chi connectivity index (χ2v) is 7.01. The molecular formula is C19H18FN3O. The molecule has 24 heavy (non-hydrogen) atoms. The van der Waals surface area contributed by atoms with Crippen molar-refractivity contribution in [2.45, 2.75) is 13.8 Å². The average Bonchev–Trinajstić information content (AvgIpc) is 2.56. The van der Waals surface area contributed by atoms with Crippen molar-refractivity contribution in [1.29, 1.82) is 0 Å². The molecule has 0 fully saturated rings. The normalized spacial score (nSPS) is 18.8. The van der Waals surface area contributed by atoms with Crippen LogP contribution in [-0.2, 0) is 0 Å². The number of aliphatic imine (C=N–C) groups is 1. The highest BCUT2D eigenvalue weighted by Crippen LogP contribution is 2.39. The van der Waals surface area contributed by atoms with Crippen LogP contribution < -0.4 is 4.90 Å². The van der Waals surface area contributed by atoms with Crippen molar-refractivity contribution in [2.75, 3.05) is 18.0 Å². The summed E-state index contributed by atoms with van der Waals surface area (Å²) >= 11 is 0. The number of hydrogen-bond donors (Lipinski definition) is 0. The molecule has 2 aliphatic heterocycles. The summed E-state index contributed by atoms with van der Waals surface area (Å²) in [6.07, 6.45) is 0. The number of nitrogens with zero attached hydrogens (tertiary/aromatic N) is 3. The first-order valence-electron chi connectivity index (χ1n) is 7.98. The Morgan fingerprint density at radius 1 is 1.12 bits per heavy atom. The van der Waals surface area contributed by atoms with Gasteiger partial charge >= 0.3 is 0 Å². The van der Waals surface area contributed by atoms with Crippen LogP contribution in [0.25, 0.3) is 0 Å². The number of benzene rings is 2. The van der Waals surface area contributed by atoms with E-state index < -0.39 is 5.82 Å². The average molecular weight is 323 g/mol. The van der Waals surface area contributed by atoms with Crippen LogP contribution in [-0.4, -0.2) is 29.4 Å². The Hall–Kier alpha value is -2.69.